The molecule has 1 aromatic carbocycles. The Morgan fingerprint density at radius 2 is 2.35 bits per heavy atom. The summed E-state index contributed by atoms with van der Waals surface area (Å²) in [5.74, 6) is 0.328. The first-order chi connectivity index (χ1) is 8.33. The third kappa shape index (κ3) is 2.10. The Bertz CT molecular complexity index is 512. The van der Waals surface area contributed by atoms with E-state index in [1.807, 2.05) is 12.1 Å². The van der Waals surface area contributed by atoms with Crippen LogP contribution in [-0.2, 0) is 6.42 Å². The van der Waals surface area contributed by atoms with Gasteiger partial charge in [-0.05, 0) is 42.5 Å². The smallest absolute Gasteiger partial charge is 0.205 e. The lowest BCUT2D eigenvalue weighted by atomic mass is 9.87. The van der Waals surface area contributed by atoms with E-state index >= 15 is 0 Å². The second kappa shape index (κ2) is 4.33. The number of phenolic OH excluding ortho intramolecular Hbond substituents is 1. The lowest BCUT2D eigenvalue weighted by Crippen LogP contribution is -2.17. The maximum atomic E-state index is 9.58. The van der Waals surface area contributed by atoms with E-state index in [-0.39, 0.29) is 6.04 Å². The molecule has 3 rings (SSSR count). The SMILES string of the molecule is Oc1ccc2c(c1)C(Nc1nncs1)CCC2. The predicted octanol–water partition coefficient (Wildman–Crippen LogP) is 2.73. The van der Waals surface area contributed by atoms with Gasteiger partial charge in [-0.1, -0.05) is 17.4 Å². The molecule has 4 nitrogen and oxygen atoms in total. The van der Waals surface area contributed by atoms with E-state index in [0.717, 1.165) is 24.4 Å². The van der Waals surface area contributed by atoms with Crippen LogP contribution in [-0.4, -0.2) is 15.3 Å². The number of nitrogens with zero attached hydrogens (tertiary/aromatic N) is 2. The summed E-state index contributed by atoms with van der Waals surface area (Å²) in [5.41, 5.74) is 4.22. The molecule has 1 unspecified atom stereocenters. The Labute approximate surface area is 103 Å². The van der Waals surface area contributed by atoms with Crippen molar-refractivity contribution in [1.29, 1.82) is 0 Å². The summed E-state index contributed by atoms with van der Waals surface area (Å²) in [6.07, 6.45) is 3.31. The van der Waals surface area contributed by atoms with E-state index in [4.69, 9.17) is 0 Å². The van der Waals surface area contributed by atoms with E-state index in [0.29, 0.717) is 5.75 Å². The van der Waals surface area contributed by atoms with Crippen LogP contribution >= 0.6 is 11.3 Å². The number of benzene rings is 1. The Balaban J connectivity index is 1.90. The van der Waals surface area contributed by atoms with Gasteiger partial charge in [-0.2, -0.15) is 0 Å². The number of anilines is 1. The molecule has 0 saturated carbocycles. The molecule has 0 spiro atoms. The maximum Gasteiger partial charge on any atom is 0.205 e. The van der Waals surface area contributed by atoms with Crippen LogP contribution in [0.2, 0.25) is 0 Å². The molecule has 0 aliphatic heterocycles. The summed E-state index contributed by atoms with van der Waals surface area (Å²) in [6, 6.07) is 5.86. The van der Waals surface area contributed by atoms with Gasteiger partial charge < -0.3 is 10.4 Å². The summed E-state index contributed by atoms with van der Waals surface area (Å²) in [7, 11) is 0. The zero-order valence-electron chi connectivity index (χ0n) is 9.26. The molecule has 5 heteroatoms. The zero-order chi connectivity index (χ0) is 11.7. The number of aromatic nitrogens is 2. The molecule has 0 radical (unpaired) electrons. The van der Waals surface area contributed by atoms with Crippen molar-refractivity contribution in [3.63, 3.8) is 0 Å². The van der Waals surface area contributed by atoms with Crippen LogP contribution < -0.4 is 5.32 Å². The number of hydrogen-bond donors (Lipinski definition) is 2. The van der Waals surface area contributed by atoms with Crippen LogP contribution in [0.3, 0.4) is 0 Å². The largest absolute Gasteiger partial charge is 0.508 e. The van der Waals surface area contributed by atoms with Crippen molar-refractivity contribution < 1.29 is 5.11 Å². The normalized spacial score (nSPS) is 18.7. The molecule has 1 aromatic heterocycles. The second-order valence-electron chi connectivity index (χ2n) is 4.22. The van der Waals surface area contributed by atoms with E-state index in [1.165, 1.54) is 22.5 Å². The third-order valence-electron chi connectivity index (χ3n) is 3.10. The molecule has 17 heavy (non-hydrogen) atoms. The Hall–Kier alpha value is -1.62. The lowest BCUT2D eigenvalue weighted by Gasteiger charge is -2.26. The van der Waals surface area contributed by atoms with Gasteiger partial charge in [-0.3, -0.25) is 0 Å². The van der Waals surface area contributed by atoms with Crippen molar-refractivity contribution in [2.45, 2.75) is 25.3 Å². The number of phenols is 1. The van der Waals surface area contributed by atoms with Crippen LogP contribution in [0.1, 0.15) is 30.0 Å². The van der Waals surface area contributed by atoms with Crippen molar-refractivity contribution in [2.24, 2.45) is 0 Å². The number of rotatable bonds is 2. The minimum Gasteiger partial charge on any atom is -0.508 e. The summed E-state index contributed by atoms with van der Waals surface area (Å²) < 4.78 is 0. The topological polar surface area (TPSA) is 58.0 Å². The predicted molar refractivity (Wildman–Crippen MR) is 67.3 cm³/mol. The monoisotopic (exact) mass is 247 g/mol. The Morgan fingerprint density at radius 3 is 3.18 bits per heavy atom. The van der Waals surface area contributed by atoms with E-state index < -0.39 is 0 Å². The first kappa shape index (κ1) is 10.5. The summed E-state index contributed by atoms with van der Waals surface area (Å²) in [4.78, 5) is 0. The van der Waals surface area contributed by atoms with Gasteiger partial charge in [-0.25, -0.2) is 0 Å². The van der Waals surface area contributed by atoms with Crippen LogP contribution in [0, 0.1) is 0 Å². The van der Waals surface area contributed by atoms with Crippen molar-refractivity contribution in [2.75, 3.05) is 5.32 Å². The van der Waals surface area contributed by atoms with Gasteiger partial charge in [0, 0.05) is 0 Å². The van der Waals surface area contributed by atoms with Gasteiger partial charge in [0.25, 0.3) is 0 Å². The number of hydrogen-bond acceptors (Lipinski definition) is 5. The van der Waals surface area contributed by atoms with Gasteiger partial charge in [0.2, 0.25) is 5.13 Å². The molecule has 0 fully saturated rings. The van der Waals surface area contributed by atoms with Crippen molar-refractivity contribution in [3.8, 4) is 5.75 Å². The second-order valence-corrected chi connectivity index (χ2v) is 5.05. The highest BCUT2D eigenvalue weighted by Crippen LogP contribution is 2.34. The fourth-order valence-electron chi connectivity index (χ4n) is 2.32. The van der Waals surface area contributed by atoms with Gasteiger partial charge in [0.1, 0.15) is 11.3 Å². The molecule has 0 amide bonds. The van der Waals surface area contributed by atoms with Gasteiger partial charge in [0.05, 0.1) is 6.04 Å². The molecule has 0 bridgehead atoms. The average molecular weight is 247 g/mol. The lowest BCUT2D eigenvalue weighted by molar-refractivity contribution is 0.471. The van der Waals surface area contributed by atoms with Crippen molar-refractivity contribution >= 4 is 16.5 Å². The van der Waals surface area contributed by atoms with Gasteiger partial charge >= 0.3 is 0 Å². The van der Waals surface area contributed by atoms with Crippen LogP contribution in [0.15, 0.2) is 23.7 Å². The average Bonchev–Trinajstić information content (AvgIpc) is 2.83. The summed E-state index contributed by atoms with van der Waals surface area (Å²) in [5, 5.41) is 21.6. The number of fused-ring (bicyclic) bond motifs is 1. The standard InChI is InChI=1S/C12H13N3OS/c16-9-5-4-8-2-1-3-11(10(8)6-9)14-12-15-13-7-17-12/h4-7,11,16H,1-3H2,(H,14,15). The van der Waals surface area contributed by atoms with Crippen molar-refractivity contribution in [1.82, 2.24) is 10.2 Å². The maximum absolute atomic E-state index is 9.58. The molecule has 1 aliphatic carbocycles. The molecule has 0 saturated heterocycles. The summed E-state index contributed by atoms with van der Waals surface area (Å²) in [6.45, 7) is 0. The molecule has 2 aromatic rings. The van der Waals surface area contributed by atoms with Gasteiger partial charge in [0.15, 0.2) is 0 Å². The molecule has 88 valence electrons. The molecular formula is C12H13N3OS. The van der Waals surface area contributed by atoms with E-state index in [2.05, 4.69) is 15.5 Å². The number of aryl methyl sites for hydroxylation is 1. The van der Waals surface area contributed by atoms with E-state index in [9.17, 15) is 5.11 Å². The van der Waals surface area contributed by atoms with Crippen LogP contribution in [0.25, 0.3) is 0 Å². The third-order valence-corrected chi connectivity index (χ3v) is 3.72. The number of aromatic hydroxyl groups is 1. The fraction of sp³-hybridized carbons (Fsp3) is 0.333. The highest BCUT2D eigenvalue weighted by molar-refractivity contribution is 7.13. The van der Waals surface area contributed by atoms with Crippen LogP contribution in [0.4, 0.5) is 5.13 Å². The van der Waals surface area contributed by atoms with Crippen LogP contribution in [0.5, 0.6) is 5.75 Å². The van der Waals surface area contributed by atoms with Crippen molar-refractivity contribution in [3.05, 3.63) is 34.8 Å². The molecule has 2 N–H and O–H groups in total. The molecule has 1 aliphatic rings. The number of nitrogens with one attached hydrogen (secondary N) is 1. The quantitative estimate of drug-likeness (QED) is 0.856. The highest BCUT2D eigenvalue weighted by Gasteiger charge is 2.21. The minimum absolute atomic E-state index is 0.235. The highest BCUT2D eigenvalue weighted by atomic mass is 32.1. The molecule has 1 atom stereocenters. The fourth-order valence-corrected chi connectivity index (χ4v) is 2.82. The Morgan fingerprint density at radius 1 is 1.41 bits per heavy atom. The van der Waals surface area contributed by atoms with Gasteiger partial charge in [-0.15, -0.1) is 10.2 Å². The molecule has 1 heterocycles. The Kier molecular flexibility index (Phi) is 2.68. The molecular weight excluding hydrogens is 234 g/mol. The first-order valence-electron chi connectivity index (χ1n) is 5.67. The summed E-state index contributed by atoms with van der Waals surface area (Å²) >= 11 is 1.50. The van der Waals surface area contributed by atoms with E-state index in [1.54, 1.807) is 11.6 Å². The first-order valence-corrected chi connectivity index (χ1v) is 6.55. The zero-order valence-corrected chi connectivity index (χ0v) is 10.1. The minimum atomic E-state index is 0.235.